The van der Waals surface area contributed by atoms with Crippen LogP contribution in [0.1, 0.15) is 51.0 Å². The lowest BCUT2D eigenvalue weighted by molar-refractivity contribution is 0.150. The minimum absolute atomic E-state index is 0.0521. The molecule has 0 radical (unpaired) electrons. The van der Waals surface area contributed by atoms with Gasteiger partial charge in [-0.1, -0.05) is 31.3 Å². The van der Waals surface area contributed by atoms with Crippen molar-refractivity contribution in [1.29, 1.82) is 5.26 Å². The summed E-state index contributed by atoms with van der Waals surface area (Å²) in [5, 5.41) is 18.1. The number of halogens is 2. The molecule has 1 saturated heterocycles. The second-order valence-corrected chi connectivity index (χ2v) is 13.0. The summed E-state index contributed by atoms with van der Waals surface area (Å²) < 4.78 is 57.5. The molecule has 216 valence electrons. The first kappa shape index (κ1) is 27.8. The van der Waals surface area contributed by atoms with Gasteiger partial charge in [-0.15, -0.1) is 10.2 Å². The molecule has 1 aromatic carbocycles. The van der Waals surface area contributed by atoms with Crippen molar-refractivity contribution in [2.75, 3.05) is 31.1 Å². The van der Waals surface area contributed by atoms with Crippen LogP contribution in [0.15, 0.2) is 29.4 Å². The Labute approximate surface area is 239 Å². The van der Waals surface area contributed by atoms with Crippen LogP contribution in [0.5, 0.6) is 0 Å². The highest BCUT2D eigenvalue weighted by atomic mass is 32.2. The number of benzene rings is 1. The molecule has 6 rings (SSSR count). The third-order valence-electron chi connectivity index (χ3n) is 8.00. The van der Waals surface area contributed by atoms with Gasteiger partial charge >= 0.3 is 0 Å². The fourth-order valence-electron chi connectivity index (χ4n) is 5.67. The van der Waals surface area contributed by atoms with E-state index in [9.17, 15) is 22.5 Å². The van der Waals surface area contributed by atoms with Crippen LogP contribution in [-0.2, 0) is 10.0 Å². The van der Waals surface area contributed by atoms with Gasteiger partial charge in [0.05, 0.1) is 21.9 Å². The largest absolute Gasteiger partial charge is 0.356 e. The Hall–Kier alpha value is -3.32. The van der Waals surface area contributed by atoms with Gasteiger partial charge in [0, 0.05) is 24.5 Å². The predicted octanol–water partition coefficient (Wildman–Crippen LogP) is 4.01. The molecular weight excluding hydrogens is 572 g/mol. The molecule has 0 unspecified atom stereocenters. The number of hydrogen-bond donors (Lipinski definition) is 1. The number of aromatic nitrogens is 5. The van der Waals surface area contributed by atoms with E-state index in [1.54, 1.807) is 10.6 Å². The van der Waals surface area contributed by atoms with Crippen molar-refractivity contribution in [3.05, 3.63) is 29.5 Å². The lowest BCUT2D eigenvalue weighted by atomic mass is 10.0. The van der Waals surface area contributed by atoms with Gasteiger partial charge in [-0.2, -0.15) is 9.98 Å². The number of nitrogens with zero attached hydrogens (tertiary/aromatic N) is 8. The maximum absolute atomic E-state index is 13.5. The summed E-state index contributed by atoms with van der Waals surface area (Å²) in [4.78, 5) is 13.8. The molecule has 4 heterocycles. The average Bonchev–Trinajstić information content (AvgIpc) is 3.41. The molecule has 2 aliphatic rings. The standard InChI is InChI=1S/C26H29F2N9O2S2/c1-3-35(4-2)16-7-11-36(12-8-16)22-20-18-6-5-17(41(38,39)34-26(14-29)9-10-26)13-19(18)37(23(20)31-15-30-22)25-33-32-24(40-25)21(27)28/h5-6,13,15-16,21,34H,3-4,7-12H2,1-2H3. The first-order chi connectivity index (χ1) is 19.7. The van der Waals surface area contributed by atoms with Crippen LogP contribution in [0, 0.1) is 11.3 Å². The van der Waals surface area contributed by atoms with Gasteiger partial charge in [0.1, 0.15) is 17.7 Å². The van der Waals surface area contributed by atoms with Crippen molar-refractivity contribution in [3.8, 4) is 11.2 Å². The third-order valence-corrected chi connectivity index (χ3v) is 10.5. The van der Waals surface area contributed by atoms with Gasteiger partial charge in [-0.25, -0.2) is 27.2 Å². The number of rotatable bonds is 9. The molecule has 0 amide bonds. The molecule has 1 aliphatic carbocycles. The van der Waals surface area contributed by atoms with Crippen LogP contribution in [0.25, 0.3) is 27.1 Å². The Balaban J connectivity index is 1.49. The van der Waals surface area contributed by atoms with Gasteiger partial charge in [-0.05, 0) is 50.9 Å². The Morgan fingerprint density at radius 1 is 1.20 bits per heavy atom. The zero-order chi connectivity index (χ0) is 28.9. The molecule has 0 atom stereocenters. The van der Waals surface area contributed by atoms with E-state index in [1.807, 2.05) is 6.07 Å². The van der Waals surface area contributed by atoms with E-state index in [-0.39, 0.29) is 10.0 Å². The number of anilines is 1. The molecule has 1 saturated carbocycles. The number of piperidine rings is 1. The fraction of sp³-hybridized carbons (Fsp3) is 0.500. The van der Waals surface area contributed by atoms with Crippen molar-refractivity contribution in [3.63, 3.8) is 0 Å². The normalized spacial score (nSPS) is 17.6. The summed E-state index contributed by atoms with van der Waals surface area (Å²) in [6.45, 7) is 7.87. The zero-order valence-corrected chi connectivity index (χ0v) is 24.2. The van der Waals surface area contributed by atoms with E-state index >= 15 is 0 Å². The Morgan fingerprint density at radius 2 is 1.93 bits per heavy atom. The molecule has 2 fully saturated rings. The maximum Gasteiger partial charge on any atom is 0.291 e. The van der Waals surface area contributed by atoms with E-state index in [1.165, 1.54) is 18.5 Å². The number of alkyl halides is 2. The summed E-state index contributed by atoms with van der Waals surface area (Å²) >= 11 is 0.718. The van der Waals surface area contributed by atoms with Gasteiger partial charge in [0.2, 0.25) is 15.2 Å². The molecule has 11 nitrogen and oxygen atoms in total. The van der Waals surface area contributed by atoms with Gasteiger partial charge < -0.3 is 9.80 Å². The van der Waals surface area contributed by atoms with Crippen LogP contribution in [0.3, 0.4) is 0 Å². The minimum atomic E-state index is -4.04. The van der Waals surface area contributed by atoms with Crippen LogP contribution in [-0.4, -0.2) is 75.8 Å². The smallest absolute Gasteiger partial charge is 0.291 e. The highest BCUT2D eigenvalue weighted by Crippen LogP contribution is 2.40. The van der Waals surface area contributed by atoms with E-state index in [2.05, 4.69) is 48.5 Å². The van der Waals surface area contributed by atoms with Crippen LogP contribution in [0.2, 0.25) is 0 Å². The van der Waals surface area contributed by atoms with Crippen LogP contribution >= 0.6 is 11.3 Å². The lowest BCUT2D eigenvalue weighted by Crippen LogP contribution is -2.45. The molecule has 41 heavy (non-hydrogen) atoms. The fourth-order valence-corrected chi connectivity index (χ4v) is 7.78. The van der Waals surface area contributed by atoms with Crippen molar-refractivity contribution in [2.24, 2.45) is 0 Å². The van der Waals surface area contributed by atoms with E-state index < -0.39 is 27.0 Å². The number of hydrogen-bond acceptors (Lipinski definition) is 10. The summed E-state index contributed by atoms with van der Waals surface area (Å²) in [6, 6.07) is 7.15. The number of sulfonamides is 1. The highest BCUT2D eigenvalue weighted by Gasteiger charge is 2.47. The molecule has 3 aromatic heterocycles. The van der Waals surface area contributed by atoms with Gasteiger partial charge in [-0.3, -0.25) is 4.57 Å². The van der Waals surface area contributed by atoms with Crippen molar-refractivity contribution in [2.45, 2.75) is 62.4 Å². The molecule has 15 heteroatoms. The van der Waals surface area contributed by atoms with Crippen LogP contribution < -0.4 is 9.62 Å². The third kappa shape index (κ3) is 4.92. The molecule has 4 aromatic rings. The van der Waals surface area contributed by atoms with E-state index in [0.717, 1.165) is 50.4 Å². The second kappa shape index (κ2) is 10.5. The number of nitrogens with one attached hydrogen (secondary N) is 1. The highest BCUT2D eigenvalue weighted by molar-refractivity contribution is 7.89. The van der Waals surface area contributed by atoms with E-state index in [4.69, 9.17) is 0 Å². The topological polar surface area (TPSA) is 133 Å². The van der Waals surface area contributed by atoms with Crippen molar-refractivity contribution in [1.82, 2.24) is 34.4 Å². The van der Waals surface area contributed by atoms with Crippen molar-refractivity contribution < 1.29 is 17.2 Å². The number of fused-ring (bicyclic) bond motifs is 3. The molecular formula is C26H29F2N9O2S2. The second-order valence-electron chi connectivity index (χ2n) is 10.4. The molecule has 0 bridgehead atoms. The lowest BCUT2D eigenvalue weighted by Gasteiger charge is -2.38. The zero-order valence-electron chi connectivity index (χ0n) is 22.6. The Morgan fingerprint density at radius 3 is 2.54 bits per heavy atom. The first-order valence-corrected chi connectivity index (χ1v) is 15.9. The SMILES string of the molecule is CCN(CC)C1CCN(c2ncnc3c2c2ccc(S(=O)(=O)NC4(C#N)CC4)cc2n3-c2nnc(C(F)F)s2)CC1. The maximum atomic E-state index is 13.5. The first-order valence-electron chi connectivity index (χ1n) is 13.6. The van der Waals surface area contributed by atoms with Gasteiger partial charge in [0.25, 0.3) is 6.43 Å². The monoisotopic (exact) mass is 601 g/mol. The predicted molar refractivity (Wildman–Crippen MR) is 151 cm³/mol. The molecule has 1 N–H and O–H groups in total. The van der Waals surface area contributed by atoms with Gasteiger partial charge in [0.15, 0.2) is 10.7 Å². The number of nitriles is 1. The minimum Gasteiger partial charge on any atom is -0.356 e. The quantitative estimate of drug-likeness (QED) is 0.302. The molecule has 0 spiro atoms. The summed E-state index contributed by atoms with van der Waals surface area (Å²) in [5.41, 5.74) is -0.255. The Bertz CT molecular complexity index is 1750. The molecule has 1 aliphatic heterocycles. The van der Waals surface area contributed by atoms with Crippen LogP contribution in [0.4, 0.5) is 14.6 Å². The summed E-state index contributed by atoms with van der Waals surface area (Å²) in [5.74, 6) is 0.700. The van der Waals surface area contributed by atoms with Crippen molar-refractivity contribution >= 4 is 49.1 Å². The summed E-state index contributed by atoms with van der Waals surface area (Å²) in [7, 11) is -4.04. The Kier molecular flexibility index (Phi) is 7.13. The van der Waals surface area contributed by atoms with E-state index in [0.29, 0.717) is 46.6 Å². The summed E-state index contributed by atoms with van der Waals surface area (Å²) in [6.07, 6.45) is 1.45. The average molecular weight is 602 g/mol.